The maximum absolute atomic E-state index is 15.4. The van der Waals surface area contributed by atoms with Crippen molar-refractivity contribution in [3.05, 3.63) is 112 Å². The van der Waals surface area contributed by atoms with Crippen molar-refractivity contribution >= 4 is 17.0 Å². The zero-order valence-electron chi connectivity index (χ0n) is 22.6. The molecular formula is C32H23F3N4O4. The molecule has 216 valence electrons. The predicted molar refractivity (Wildman–Crippen MR) is 149 cm³/mol. The van der Waals surface area contributed by atoms with Crippen LogP contribution in [0.2, 0.25) is 0 Å². The Kier molecular flexibility index (Phi) is 7.52. The van der Waals surface area contributed by atoms with E-state index in [1.807, 2.05) is 10.6 Å². The Morgan fingerprint density at radius 1 is 1.00 bits per heavy atom. The number of nitriles is 1. The van der Waals surface area contributed by atoms with Crippen LogP contribution in [-0.2, 0) is 24.3 Å². The molecule has 0 amide bonds. The summed E-state index contributed by atoms with van der Waals surface area (Å²) in [4.78, 5) is 20.4. The summed E-state index contributed by atoms with van der Waals surface area (Å²) < 4.78 is 57.4. The Morgan fingerprint density at radius 2 is 1.79 bits per heavy atom. The van der Waals surface area contributed by atoms with E-state index in [-0.39, 0.29) is 53.0 Å². The second-order valence-corrected chi connectivity index (χ2v) is 10.1. The molecule has 6 rings (SSSR count). The zero-order chi connectivity index (χ0) is 30.1. The van der Waals surface area contributed by atoms with Crippen LogP contribution in [0.25, 0.3) is 22.3 Å². The van der Waals surface area contributed by atoms with Gasteiger partial charge in [-0.15, -0.1) is 0 Å². The predicted octanol–water partition coefficient (Wildman–Crippen LogP) is 6.04. The lowest BCUT2D eigenvalue weighted by Crippen LogP contribution is -2.31. The summed E-state index contributed by atoms with van der Waals surface area (Å²) in [6.45, 7) is 0.888. The number of carbonyl (C=O) groups is 1. The number of fused-ring (bicyclic) bond motifs is 1. The highest BCUT2D eigenvalue weighted by Gasteiger charge is 2.23. The molecule has 3 aromatic carbocycles. The van der Waals surface area contributed by atoms with E-state index < -0.39 is 23.4 Å². The largest absolute Gasteiger partial charge is 0.478 e. The maximum Gasteiger partial charge on any atom is 0.335 e. The van der Waals surface area contributed by atoms with Gasteiger partial charge in [0.15, 0.2) is 0 Å². The minimum atomic E-state index is -1.06. The third kappa shape index (κ3) is 5.78. The second-order valence-electron chi connectivity index (χ2n) is 10.1. The first-order valence-corrected chi connectivity index (χ1v) is 13.4. The highest BCUT2D eigenvalue weighted by Crippen LogP contribution is 2.28. The van der Waals surface area contributed by atoms with Crippen molar-refractivity contribution in [2.45, 2.75) is 32.1 Å². The first kappa shape index (κ1) is 27.9. The number of aromatic carboxylic acids is 1. The van der Waals surface area contributed by atoms with Crippen LogP contribution >= 0.6 is 0 Å². The monoisotopic (exact) mass is 584 g/mol. The molecule has 1 fully saturated rings. The highest BCUT2D eigenvalue weighted by atomic mass is 19.1. The topological polar surface area (TPSA) is 110 Å². The van der Waals surface area contributed by atoms with Crippen LogP contribution < -0.4 is 4.74 Å². The van der Waals surface area contributed by atoms with Crippen molar-refractivity contribution in [3.8, 4) is 23.2 Å². The number of pyridine rings is 1. The smallest absolute Gasteiger partial charge is 0.335 e. The van der Waals surface area contributed by atoms with E-state index in [1.165, 1.54) is 36.4 Å². The number of aromatic nitrogens is 3. The van der Waals surface area contributed by atoms with Gasteiger partial charge in [-0.25, -0.2) is 27.9 Å². The van der Waals surface area contributed by atoms with Gasteiger partial charge >= 0.3 is 5.97 Å². The molecule has 5 aromatic rings. The molecule has 0 saturated carbocycles. The fraction of sp³-hybridized carbons (Fsp3) is 0.188. The number of halogens is 3. The van der Waals surface area contributed by atoms with Gasteiger partial charge in [0.05, 0.1) is 40.9 Å². The SMILES string of the molecule is N#Cc1ccc(COc2ccc(F)c(-c3ccc(Cc4nc5ccc(C(=O)O)cc5n4C[C@@H]4CCO4)c(F)c3)n2)c(F)c1. The summed E-state index contributed by atoms with van der Waals surface area (Å²) in [7, 11) is 0. The van der Waals surface area contributed by atoms with Crippen molar-refractivity contribution in [2.75, 3.05) is 6.61 Å². The molecule has 1 N–H and O–H groups in total. The van der Waals surface area contributed by atoms with Crippen LogP contribution in [0.3, 0.4) is 0 Å². The van der Waals surface area contributed by atoms with Gasteiger partial charge in [0.2, 0.25) is 5.88 Å². The van der Waals surface area contributed by atoms with Gasteiger partial charge in [-0.05, 0) is 54.4 Å². The van der Waals surface area contributed by atoms with Crippen LogP contribution in [0.15, 0.2) is 66.7 Å². The molecule has 1 aliphatic rings. The van der Waals surface area contributed by atoms with Gasteiger partial charge in [0.25, 0.3) is 0 Å². The van der Waals surface area contributed by atoms with E-state index in [0.717, 1.165) is 18.6 Å². The molecular weight excluding hydrogens is 561 g/mol. The molecule has 2 aromatic heterocycles. The molecule has 0 unspecified atom stereocenters. The van der Waals surface area contributed by atoms with E-state index in [0.29, 0.717) is 35.6 Å². The Hall–Kier alpha value is -5.21. The summed E-state index contributed by atoms with van der Waals surface area (Å²) in [5.41, 5.74) is 2.02. The van der Waals surface area contributed by atoms with Crippen molar-refractivity contribution < 1.29 is 32.5 Å². The van der Waals surface area contributed by atoms with Crippen LogP contribution in [0.4, 0.5) is 13.2 Å². The molecule has 1 atom stereocenters. The van der Waals surface area contributed by atoms with Crippen molar-refractivity contribution in [1.29, 1.82) is 5.26 Å². The van der Waals surface area contributed by atoms with Gasteiger partial charge in [0.1, 0.15) is 35.6 Å². The molecule has 0 radical (unpaired) electrons. The number of ether oxygens (including phenoxy) is 2. The van der Waals surface area contributed by atoms with Gasteiger partial charge < -0.3 is 19.1 Å². The molecule has 11 heteroatoms. The second kappa shape index (κ2) is 11.6. The van der Waals surface area contributed by atoms with E-state index in [2.05, 4.69) is 9.97 Å². The summed E-state index contributed by atoms with van der Waals surface area (Å²) in [6, 6.07) is 17.1. The minimum Gasteiger partial charge on any atom is -0.478 e. The van der Waals surface area contributed by atoms with Crippen molar-refractivity contribution in [2.24, 2.45) is 0 Å². The highest BCUT2D eigenvalue weighted by molar-refractivity contribution is 5.92. The third-order valence-electron chi connectivity index (χ3n) is 7.31. The van der Waals surface area contributed by atoms with Crippen molar-refractivity contribution in [1.82, 2.24) is 14.5 Å². The summed E-state index contributed by atoms with van der Waals surface area (Å²) in [6.07, 6.45) is 0.907. The molecule has 0 bridgehead atoms. The lowest BCUT2D eigenvalue weighted by atomic mass is 10.0. The molecule has 0 aliphatic carbocycles. The van der Waals surface area contributed by atoms with E-state index in [4.69, 9.17) is 14.7 Å². The van der Waals surface area contributed by atoms with Gasteiger partial charge in [-0.2, -0.15) is 5.26 Å². The Morgan fingerprint density at radius 3 is 2.49 bits per heavy atom. The van der Waals surface area contributed by atoms with Gasteiger partial charge in [-0.3, -0.25) is 0 Å². The van der Waals surface area contributed by atoms with E-state index in [1.54, 1.807) is 18.2 Å². The number of nitrogens with zero attached hydrogens (tertiary/aromatic N) is 4. The van der Waals surface area contributed by atoms with Gasteiger partial charge in [0, 0.05) is 30.2 Å². The molecule has 3 heterocycles. The van der Waals surface area contributed by atoms with E-state index >= 15 is 4.39 Å². The van der Waals surface area contributed by atoms with Crippen molar-refractivity contribution in [3.63, 3.8) is 0 Å². The quantitative estimate of drug-likeness (QED) is 0.225. The van der Waals surface area contributed by atoms with E-state index in [9.17, 15) is 18.7 Å². The number of hydrogen-bond acceptors (Lipinski definition) is 6. The van der Waals surface area contributed by atoms with Crippen LogP contribution in [0, 0.1) is 28.8 Å². The summed E-state index contributed by atoms with van der Waals surface area (Å²) in [5, 5.41) is 18.4. The van der Waals surface area contributed by atoms with Crippen LogP contribution in [0.1, 0.15) is 39.3 Å². The average molecular weight is 585 g/mol. The molecule has 8 nitrogen and oxygen atoms in total. The lowest BCUT2D eigenvalue weighted by molar-refractivity contribution is -0.0589. The standard InChI is InChI=1S/C32H23F3N4O4/c33-24-6-8-30(43-17-22-2-1-18(15-36)11-25(22)34)38-31(24)20-4-3-19(26(35)12-20)14-29-37-27-7-5-21(32(40)41)13-28(27)39(29)16-23-9-10-42-23/h1-8,11-13,23H,9-10,14,16-17H2,(H,40,41)/t23-/m0/s1. The van der Waals surface area contributed by atoms with Crippen LogP contribution in [0.5, 0.6) is 5.88 Å². The average Bonchev–Trinajstić information content (AvgIpc) is 3.31. The lowest BCUT2D eigenvalue weighted by Gasteiger charge is -2.27. The molecule has 1 aliphatic heterocycles. The Balaban J connectivity index is 1.25. The Bertz CT molecular complexity index is 1910. The first-order valence-electron chi connectivity index (χ1n) is 13.4. The molecule has 1 saturated heterocycles. The Labute approximate surface area is 243 Å². The zero-order valence-corrected chi connectivity index (χ0v) is 22.6. The third-order valence-corrected chi connectivity index (χ3v) is 7.31. The number of carboxylic acids is 1. The van der Waals surface area contributed by atoms with Gasteiger partial charge in [-0.1, -0.05) is 18.2 Å². The summed E-state index contributed by atoms with van der Waals surface area (Å²) >= 11 is 0. The number of hydrogen-bond donors (Lipinski definition) is 1. The minimum absolute atomic E-state index is 0.0114. The molecule has 43 heavy (non-hydrogen) atoms. The first-order chi connectivity index (χ1) is 20.8. The number of rotatable bonds is 9. The number of imidazole rings is 1. The maximum atomic E-state index is 15.4. The normalized spacial score (nSPS) is 14.3. The molecule has 0 spiro atoms. The fourth-order valence-electron chi connectivity index (χ4n) is 4.88. The number of carboxylic acid groups (broad SMARTS) is 1. The number of benzene rings is 3. The fourth-order valence-corrected chi connectivity index (χ4v) is 4.88. The van der Waals surface area contributed by atoms with Crippen LogP contribution in [-0.4, -0.2) is 38.3 Å². The summed E-state index contributed by atoms with van der Waals surface area (Å²) in [5.74, 6) is -2.42.